The molecule has 1 aliphatic heterocycles. The Kier molecular flexibility index (Phi) is 8.35. The summed E-state index contributed by atoms with van der Waals surface area (Å²) in [6.07, 6.45) is 2.26. The van der Waals surface area contributed by atoms with E-state index in [4.69, 9.17) is 4.74 Å². The summed E-state index contributed by atoms with van der Waals surface area (Å²) in [7, 11) is 0. The molecular weight excluding hydrogens is 384 g/mol. The highest BCUT2D eigenvalue weighted by Gasteiger charge is 2.26. The van der Waals surface area contributed by atoms with Crippen LogP contribution in [0.15, 0.2) is 12.1 Å². The first-order valence-corrected chi connectivity index (χ1v) is 9.87. The fourth-order valence-corrected chi connectivity index (χ4v) is 3.05. The lowest BCUT2D eigenvalue weighted by atomic mass is 10.0. The summed E-state index contributed by atoms with van der Waals surface area (Å²) in [6.45, 7) is 4.76. The predicted octanol–water partition coefficient (Wildman–Crippen LogP) is 3.44. The van der Waals surface area contributed by atoms with E-state index in [0.717, 1.165) is 12.5 Å². The number of carbonyl (C=O) groups is 3. The van der Waals surface area contributed by atoms with Crippen LogP contribution in [0.5, 0.6) is 0 Å². The highest BCUT2D eigenvalue weighted by Crippen LogP contribution is 2.21. The second kappa shape index (κ2) is 10.7. The van der Waals surface area contributed by atoms with Crippen molar-refractivity contribution in [2.24, 2.45) is 0 Å². The second-order valence-electron chi connectivity index (χ2n) is 6.90. The number of hydrogen-bond acceptors (Lipinski definition) is 4. The van der Waals surface area contributed by atoms with Crippen LogP contribution < -0.4 is 10.6 Å². The molecule has 1 aromatic rings. The van der Waals surface area contributed by atoms with Gasteiger partial charge in [0.05, 0.1) is 17.9 Å². The largest absolute Gasteiger partial charge is 0.450 e. The van der Waals surface area contributed by atoms with Crippen LogP contribution in [0.4, 0.5) is 19.3 Å². The van der Waals surface area contributed by atoms with Crippen molar-refractivity contribution in [1.82, 2.24) is 10.2 Å². The molecule has 160 valence electrons. The van der Waals surface area contributed by atoms with Gasteiger partial charge in [-0.05, 0) is 32.3 Å². The summed E-state index contributed by atoms with van der Waals surface area (Å²) in [5, 5.41) is 5.09. The van der Waals surface area contributed by atoms with E-state index >= 15 is 0 Å². The molecule has 1 saturated heterocycles. The number of nitrogens with one attached hydrogen (secondary N) is 2. The minimum Gasteiger partial charge on any atom is -0.450 e. The maximum absolute atomic E-state index is 14.1. The summed E-state index contributed by atoms with van der Waals surface area (Å²) in [5.41, 5.74) is -0.570. The number of hydrogen-bond donors (Lipinski definition) is 2. The number of amides is 3. The molecule has 0 saturated carbocycles. The van der Waals surface area contributed by atoms with Crippen molar-refractivity contribution in [3.63, 3.8) is 0 Å². The first kappa shape index (κ1) is 22.6. The summed E-state index contributed by atoms with van der Waals surface area (Å²) < 4.78 is 33.1. The Balaban J connectivity index is 1.99. The molecule has 0 atom stereocenters. The molecule has 1 heterocycles. The molecule has 29 heavy (non-hydrogen) atoms. The maximum atomic E-state index is 14.1. The van der Waals surface area contributed by atoms with E-state index in [0.29, 0.717) is 38.4 Å². The minimum atomic E-state index is -1.00. The zero-order valence-corrected chi connectivity index (χ0v) is 16.7. The molecule has 9 heteroatoms. The lowest BCUT2D eigenvalue weighted by Crippen LogP contribution is -2.46. The second-order valence-corrected chi connectivity index (χ2v) is 6.90. The molecule has 1 aliphatic rings. The summed E-state index contributed by atoms with van der Waals surface area (Å²) >= 11 is 0. The average molecular weight is 411 g/mol. The molecule has 2 N–H and O–H groups in total. The third-order valence-electron chi connectivity index (χ3n) is 4.69. The molecule has 0 unspecified atom stereocenters. The highest BCUT2D eigenvalue weighted by molar-refractivity contribution is 5.97. The summed E-state index contributed by atoms with van der Waals surface area (Å²) in [5.74, 6) is -3.03. The number of ether oxygens (including phenoxy) is 1. The van der Waals surface area contributed by atoms with Gasteiger partial charge in [0.1, 0.15) is 11.6 Å². The molecule has 3 amide bonds. The van der Waals surface area contributed by atoms with Crippen LogP contribution in [-0.2, 0) is 9.53 Å². The van der Waals surface area contributed by atoms with Gasteiger partial charge in [-0.25, -0.2) is 13.6 Å². The Morgan fingerprint density at radius 2 is 1.83 bits per heavy atom. The Labute approximate surface area is 168 Å². The number of benzene rings is 1. The van der Waals surface area contributed by atoms with E-state index in [1.165, 1.54) is 0 Å². The monoisotopic (exact) mass is 411 g/mol. The van der Waals surface area contributed by atoms with Gasteiger partial charge in [-0.15, -0.1) is 0 Å². The molecule has 1 fully saturated rings. The molecular formula is C20H27F2N3O4. The Bertz CT molecular complexity index is 749. The van der Waals surface area contributed by atoms with Crippen LogP contribution >= 0.6 is 0 Å². The lowest BCUT2D eigenvalue weighted by Gasteiger charge is -2.31. The number of anilines is 1. The topological polar surface area (TPSA) is 87.7 Å². The Hall–Kier alpha value is -2.71. The molecule has 0 spiro atoms. The minimum absolute atomic E-state index is 0.216. The van der Waals surface area contributed by atoms with Gasteiger partial charge >= 0.3 is 6.09 Å². The fourth-order valence-electron chi connectivity index (χ4n) is 3.05. The number of carbonyl (C=O) groups excluding carboxylic acids is 3. The van der Waals surface area contributed by atoms with Gasteiger partial charge in [0, 0.05) is 31.6 Å². The number of piperidine rings is 1. The lowest BCUT2D eigenvalue weighted by molar-refractivity contribution is -0.116. The average Bonchev–Trinajstić information content (AvgIpc) is 2.69. The van der Waals surface area contributed by atoms with Crippen molar-refractivity contribution in [3.8, 4) is 0 Å². The summed E-state index contributed by atoms with van der Waals surface area (Å²) in [6, 6.07) is 1.35. The van der Waals surface area contributed by atoms with Crippen LogP contribution in [-0.4, -0.2) is 48.5 Å². The van der Waals surface area contributed by atoms with Gasteiger partial charge in [-0.2, -0.15) is 0 Å². The number of nitrogens with zero attached hydrogens (tertiary/aromatic N) is 1. The standard InChI is InChI=1S/C20H27F2N3O4/c1-3-5-6-18(26)24-17-11-14(15(21)12-16(17)22)19(27)23-13-7-9-25(10-8-13)20(28)29-4-2/h11-13H,3-10H2,1-2H3,(H,23,27)(H,24,26). The number of rotatable bonds is 7. The van der Waals surface area contributed by atoms with Crippen molar-refractivity contribution in [2.75, 3.05) is 25.0 Å². The van der Waals surface area contributed by atoms with E-state index < -0.39 is 29.5 Å². The first-order valence-electron chi connectivity index (χ1n) is 9.87. The van der Waals surface area contributed by atoms with Crippen LogP contribution in [0.25, 0.3) is 0 Å². The molecule has 1 aromatic carbocycles. The van der Waals surface area contributed by atoms with Crippen LogP contribution in [0.2, 0.25) is 0 Å². The van der Waals surface area contributed by atoms with Gasteiger partial charge in [-0.1, -0.05) is 13.3 Å². The zero-order chi connectivity index (χ0) is 21.4. The Morgan fingerprint density at radius 3 is 2.45 bits per heavy atom. The van der Waals surface area contributed by atoms with E-state index in [9.17, 15) is 23.2 Å². The Morgan fingerprint density at radius 1 is 1.14 bits per heavy atom. The molecule has 2 rings (SSSR count). The number of unbranched alkanes of at least 4 members (excludes halogenated alkanes) is 1. The molecule has 0 aromatic heterocycles. The van der Waals surface area contributed by atoms with E-state index in [-0.39, 0.29) is 30.3 Å². The molecule has 0 bridgehead atoms. The van der Waals surface area contributed by atoms with Crippen LogP contribution in [0.1, 0.15) is 56.3 Å². The predicted molar refractivity (Wildman–Crippen MR) is 104 cm³/mol. The van der Waals surface area contributed by atoms with Gasteiger partial charge < -0.3 is 20.3 Å². The van der Waals surface area contributed by atoms with Crippen LogP contribution in [0, 0.1) is 11.6 Å². The normalized spacial score (nSPS) is 14.4. The smallest absolute Gasteiger partial charge is 0.409 e. The molecule has 0 aliphatic carbocycles. The highest BCUT2D eigenvalue weighted by atomic mass is 19.1. The van der Waals surface area contributed by atoms with Crippen molar-refractivity contribution in [1.29, 1.82) is 0 Å². The third kappa shape index (κ3) is 6.40. The number of likely N-dealkylation sites (tertiary alicyclic amines) is 1. The van der Waals surface area contributed by atoms with Gasteiger partial charge in [0.15, 0.2) is 0 Å². The van der Waals surface area contributed by atoms with E-state index in [2.05, 4.69) is 10.6 Å². The quantitative estimate of drug-likeness (QED) is 0.720. The SMILES string of the molecule is CCCCC(=O)Nc1cc(C(=O)NC2CCN(C(=O)OCC)CC2)c(F)cc1F. The van der Waals surface area contributed by atoms with Crippen molar-refractivity contribution in [3.05, 3.63) is 29.3 Å². The van der Waals surface area contributed by atoms with Crippen molar-refractivity contribution in [2.45, 2.75) is 52.0 Å². The fraction of sp³-hybridized carbons (Fsp3) is 0.550. The zero-order valence-electron chi connectivity index (χ0n) is 16.7. The van der Waals surface area contributed by atoms with Crippen molar-refractivity contribution < 1.29 is 27.9 Å². The van der Waals surface area contributed by atoms with E-state index in [1.54, 1.807) is 11.8 Å². The van der Waals surface area contributed by atoms with Gasteiger partial charge in [0.2, 0.25) is 5.91 Å². The van der Waals surface area contributed by atoms with Crippen LogP contribution in [0.3, 0.4) is 0 Å². The van der Waals surface area contributed by atoms with Crippen molar-refractivity contribution >= 4 is 23.6 Å². The molecule has 0 radical (unpaired) electrons. The maximum Gasteiger partial charge on any atom is 0.409 e. The van der Waals surface area contributed by atoms with Gasteiger partial charge in [-0.3, -0.25) is 9.59 Å². The summed E-state index contributed by atoms with van der Waals surface area (Å²) in [4.78, 5) is 37.6. The van der Waals surface area contributed by atoms with E-state index in [1.807, 2.05) is 6.92 Å². The van der Waals surface area contributed by atoms with Gasteiger partial charge in [0.25, 0.3) is 5.91 Å². The number of halogens is 2. The third-order valence-corrected chi connectivity index (χ3v) is 4.69. The first-order chi connectivity index (χ1) is 13.8. The molecule has 7 nitrogen and oxygen atoms in total.